The maximum atomic E-state index is 11.7. The summed E-state index contributed by atoms with van der Waals surface area (Å²) in [6, 6.07) is 2.61. The molecule has 0 aliphatic heterocycles. The molecule has 1 saturated carbocycles. The molecule has 0 amide bonds. The number of hydrogen-bond donors (Lipinski definition) is 1. The van der Waals surface area contributed by atoms with E-state index in [2.05, 4.69) is 23.0 Å². The Hall–Kier alpha value is -1.45. The average Bonchev–Trinajstić information content (AvgIpc) is 2.92. The molecule has 2 rings (SSSR count). The van der Waals surface area contributed by atoms with Gasteiger partial charge in [0.15, 0.2) is 0 Å². The number of carbonyl (C=O) groups is 1. The molecular formula is C14H22N2O2. The van der Waals surface area contributed by atoms with E-state index >= 15 is 0 Å². The summed E-state index contributed by atoms with van der Waals surface area (Å²) in [5, 5.41) is 0. The zero-order chi connectivity index (χ0) is 13.0. The zero-order valence-corrected chi connectivity index (χ0v) is 11.2. The van der Waals surface area contributed by atoms with E-state index < -0.39 is 0 Å². The highest BCUT2D eigenvalue weighted by molar-refractivity contribution is 5.72. The number of rotatable bonds is 4. The second-order valence-corrected chi connectivity index (χ2v) is 4.94. The molecule has 0 bridgehead atoms. The number of nitrogens with one attached hydrogen (secondary N) is 1. The lowest BCUT2D eigenvalue weighted by Gasteiger charge is -2.34. The Morgan fingerprint density at radius 1 is 1.44 bits per heavy atom. The van der Waals surface area contributed by atoms with E-state index in [1.807, 2.05) is 19.3 Å². The Morgan fingerprint density at radius 2 is 2.17 bits per heavy atom. The Balaban J connectivity index is 1.85. The van der Waals surface area contributed by atoms with E-state index in [9.17, 15) is 4.79 Å². The molecule has 0 unspecified atom stereocenters. The third kappa shape index (κ3) is 2.86. The summed E-state index contributed by atoms with van der Waals surface area (Å²) in [4.78, 5) is 17.0. The van der Waals surface area contributed by atoms with E-state index in [1.165, 1.54) is 5.69 Å². The molecule has 1 aromatic heterocycles. The lowest BCUT2D eigenvalue weighted by molar-refractivity contribution is -0.149. The third-order valence-corrected chi connectivity index (χ3v) is 3.85. The number of aromatic nitrogens is 1. The van der Waals surface area contributed by atoms with Crippen LogP contribution < -0.4 is 4.90 Å². The van der Waals surface area contributed by atoms with Crippen molar-refractivity contribution in [1.29, 1.82) is 0 Å². The van der Waals surface area contributed by atoms with Crippen LogP contribution in [0.4, 0.5) is 5.69 Å². The normalized spacial score (nSPS) is 23.7. The minimum atomic E-state index is -0.0137. The SMILES string of the molecule is CCOC(=O)C1CCC(N(C)c2cc[nH]c2)CC1. The van der Waals surface area contributed by atoms with Gasteiger partial charge in [0.2, 0.25) is 0 Å². The molecular weight excluding hydrogens is 228 g/mol. The molecule has 4 nitrogen and oxygen atoms in total. The molecule has 0 saturated heterocycles. The average molecular weight is 250 g/mol. The van der Waals surface area contributed by atoms with E-state index in [-0.39, 0.29) is 11.9 Å². The van der Waals surface area contributed by atoms with Crippen LogP contribution in [-0.4, -0.2) is 30.6 Å². The van der Waals surface area contributed by atoms with Crippen molar-refractivity contribution in [2.24, 2.45) is 5.92 Å². The van der Waals surface area contributed by atoms with Crippen LogP contribution in [0.1, 0.15) is 32.6 Å². The fourth-order valence-electron chi connectivity index (χ4n) is 2.70. The van der Waals surface area contributed by atoms with Crippen molar-refractivity contribution in [2.75, 3.05) is 18.6 Å². The molecule has 18 heavy (non-hydrogen) atoms. The Bertz CT molecular complexity index is 367. The Morgan fingerprint density at radius 3 is 2.72 bits per heavy atom. The molecule has 1 heterocycles. The van der Waals surface area contributed by atoms with Gasteiger partial charge in [0, 0.05) is 25.5 Å². The summed E-state index contributed by atoms with van der Waals surface area (Å²) in [6.07, 6.45) is 7.96. The summed E-state index contributed by atoms with van der Waals surface area (Å²) < 4.78 is 5.09. The number of H-pyrrole nitrogens is 1. The molecule has 1 aliphatic rings. The Kier molecular flexibility index (Phi) is 4.28. The van der Waals surface area contributed by atoms with Crippen LogP contribution >= 0.6 is 0 Å². The minimum Gasteiger partial charge on any atom is -0.466 e. The van der Waals surface area contributed by atoms with E-state index in [4.69, 9.17) is 4.74 Å². The number of ether oxygens (including phenoxy) is 1. The topological polar surface area (TPSA) is 45.3 Å². The predicted octanol–water partition coefficient (Wildman–Crippen LogP) is 2.57. The zero-order valence-electron chi connectivity index (χ0n) is 11.2. The van der Waals surface area contributed by atoms with Crippen molar-refractivity contribution < 1.29 is 9.53 Å². The summed E-state index contributed by atoms with van der Waals surface area (Å²) in [6.45, 7) is 2.35. The van der Waals surface area contributed by atoms with Gasteiger partial charge in [0.05, 0.1) is 18.2 Å². The molecule has 0 radical (unpaired) electrons. The highest BCUT2D eigenvalue weighted by Gasteiger charge is 2.29. The third-order valence-electron chi connectivity index (χ3n) is 3.85. The number of esters is 1. The maximum absolute atomic E-state index is 11.7. The van der Waals surface area contributed by atoms with Crippen molar-refractivity contribution in [2.45, 2.75) is 38.6 Å². The summed E-state index contributed by atoms with van der Waals surface area (Å²) >= 11 is 0. The van der Waals surface area contributed by atoms with Gasteiger partial charge in [0.25, 0.3) is 0 Å². The second kappa shape index (κ2) is 5.94. The van der Waals surface area contributed by atoms with Crippen LogP contribution in [0.2, 0.25) is 0 Å². The van der Waals surface area contributed by atoms with Gasteiger partial charge in [-0.3, -0.25) is 4.79 Å². The van der Waals surface area contributed by atoms with E-state index in [0.717, 1.165) is 25.7 Å². The Labute approximate surface area is 108 Å². The summed E-state index contributed by atoms with van der Waals surface area (Å²) in [5.41, 5.74) is 1.22. The quantitative estimate of drug-likeness (QED) is 0.835. The lowest BCUT2D eigenvalue weighted by atomic mass is 9.85. The number of aromatic amines is 1. The van der Waals surface area contributed by atoms with Crippen molar-refractivity contribution in [3.8, 4) is 0 Å². The first-order chi connectivity index (χ1) is 8.72. The monoisotopic (exact) mass is 250 g/mol. The molecule has 100 valence electrons. The van der Waals surface area contributed by atoms with Gasteiger partial charge in [0.1, 0.15) is 0 Å². The van der Waals surface area contributed by atoms with Crippen LogP contribution in [0.15, 0.2) is 18.5 Å². The number of hydrogen-bond acceptors (Lipinski definition) is 3. The molecule has 1 aliphatic carbocycles. The molecule has 1 N–H and O–H groups in total. The smallest absolute Gasteiger partial charge is 0.308 e. The van der Waals surface area contributed by atoms with Crippen molar-refractivity contribution >= 4 is 11.7 Å². The minimum absolute atomic E-state index is 0.0137. The molecule has 0 atom stereocenters. The molecule has 0 aromatic carbocycles. The van der Waals surface area contributed by atoms with Crippen LogP contribution in [0.5, 0.6) is 0 Å². The van der Waals surface area contributed by atoms with Crippen LogP contribution in [0, 0.1) is 5.92 Å². The van der Waals surface area contributed by atoms with E-state index in [1.54, 1.807) is 0 Å². The molecule has 1 aromatic rings. The standard InChI is InChI=1S/C14H22N2O2/c1-3-18-14(17)11-4-6-12(7-5-11)16(2)13-8-9-15-10-13/h8-12,15H,3-7H2,1-2H3. The van der Waals surface area contributed by atoms with Crippen molar-refractivity contribution in [3.63, 3.8) is 0 Å². The number of anilines is 1. The van der Waals surface area contributed by atoms with Crippen molar-refractivity contribution in [3.05, 3.63) is 18.5 Å². The van der Waals surface area contributed by atoms with Crippen LogP contribution in [0.3, 0.4) is 0 Å². The van der Waals surface area contributed by atoms with Gasteiger partial charge in [-0.25, -0.2) is 0 Å². The number of nitrogens with zero attached hydrogens (tertiary/aromatic N) is 1. The fourth-order valence-corrected chi connectivity index (χ4v) is 2.70. The van der Waals surface area contributed by atoms with Crippen molar-refractivity contribution in [1.82, 2.24) is 4.98 Å². The van der Waals surface area contributed by atoms with Gasteiger partial charge >= 0.3 is 5.97 Å². The second-order valence-electron chi connectivity index (χ2n) is 4.94. The van der Waals surface area contributed by atoms with Gasteiger partial charge in [-0.15, -0.1) is 0 Å². The van der Waals surface area contributed by atoms with E-state index in [0.29, 0.717) is 12.6 Å². The van der Waals surface area contributed by atoms with Crippen LogP contribution in [0.25, 0.3) is 0 Å². The number of carbonyl (C=O) groups excluding carboxylic acids is 1. The predicted molar refractivity (Wildman–Crippen MR) is 71.6 cm³/mol. The lowest BCUT2D eigenvalue weighted by Crippen LogP contribution is -2.36. The molecule has 1 fully saturated rings. The maximum Gasteiger partial charge on any atom is 0.308 e. The molecule has 4 heteroatoms. The first-order valence-corrected chi connectivity index (χ1v) is 6.74. The van der Waals surface area contributed by atoms with Crippen LogP contribution in [-0.2, 0) is 9.53 Å². The summed E-state index contributed by atoms with van der Waals surface area (Å²) in [7, 11) is 2.12. The van der Waals surface area contributed by atoms with Gasteiger partial charge in [-0.05, 0) is 38.7 Å². The largest absolute Gasteiger partial charge is 0.466 e. The highest BCUT2D eigenvalue weighted by Crippen LogP contribution is 2.30. The van der Waals surface area contributed by atoms with Gasteiger partial charge in [-0.2, -0.15) is 0 Å². The summed E-state index contributed by atoms with van der Waals surface area (Å²) in [5.74, 6) is 0.0982. The first-order valence-electron chi connectivity index (χ1n) is 6.74. The highest BCUT2D eigenvalue weighted by atomic mass is 16.5. The fraction of sp³-hybridized carbons (Fsp3) is 0.643. The van der Waals surface area contributed by atoms with Gasteiger partial charge < -0.3 is 14.6 Å². The molecule has 0 spiro atoms. The van der Waals surface area contributed by atoms with Gasteiger partial charge in [-0.1, -0.05) is 0 Å². The first kappa shape index (κ1) is 13.0.